The SMILES string of the molecule is C[C@]12CCN(c3ncccc3C(=O)Nc3cccc(S(=O)(=O)N4CCC(F)(F)CC4)c3)C[C@H]1C2. The molecule has 2 saturated heterocycles. The Morgan fingerprint density at radius 2 is 1.88 bits per heavy atom. The normalized spacial score (nSPS) is 26.6. The lowest BCUT2D eigenvalue weighted by Gasteiger charge is -2.32. The summed E-state index contributed by atoms with van der Waals surface area (Å²) in [7, 11) is -3.94. The number of nitrogens with zero attached hydrogens (tertiary/aromatic N) is 3. The molecule has 3 heterocycles. The molecule has 0 spiro atoms. The van der Waals surface area contributed by atoms with E-state index in [-0.39, 0.29) is 23.9 Å². The number of carbonyl (C=O) groups is 1. The molecule has 34 heavy (non-hydrogen) atoms. The van der Waals surface area contributed by atoms with E-state index >= 15 is 0 Å². The highest BCUT2D eigenvalue weighted by molar-refractivity contribution is 7.89. The lowest BCUT2D eigenvalue weighted by molar-refractivity contribution is -0.0412. The molecule has 7 nitrogen and oxygen atoms in total. The summed E-state index contributed by atoms with van der Waals surface area (Å²) < 4.78 is 54.0. The second kappa shape index (κ2) is 8.27. The van der Waals surface area contributed by atoms with Crippen LogP contribution in [0.25, 0.3) is 0 Å². The molecule has 0 radical (unpaired) electrons. The highest BCUT2D eigenvalue weighted by atomic mass is 32.2. The van der Waals surface area contributed by atoms with Gasteiger partial charge in [-0.3, -0.25) is 4.79 Å². The van der Waals surface area contributed by atoms with E-state index in [2.05, 4.69) is 22.1 Å². The van der Waals surface area contributed by atoms with Gasteiger partial charge in [0.05, 0.1) is 10.5 Å². The summed E-state index contributed by atoms with van der Waals surface area (Å²) in [5.41, 5.74) is 1.17. The van der Waals surface area contributed by atoms with Gasteiger partial charge in [0.25, 0.3) is 11.8 Å². The lowest BCUT2D eigenvalue weighted by Crippen LogP contribution is -2.42. The number of benzene rings is 1. The molecule has 0 unspecified atom stereocenters. The van der Waals surface area contributed by atoms with Crippen molar-refractivity contribution in [2.24, 2.45) is 11.3 Å². The van der Waals surface area contributed by atoms with Crippen LogP contribution in [0.5, 0.6) is 0 Å². The zero-order valence-corrected chi connectivity index (χ0v) is 19.8. The number of carbonyl (C=O) groups excluding carboxylic acids is 1. The fraction of sp³-hybridized carbons (Fsp3) is 0.500. The Hall–Kier alpha value is -2.59. The van der Waals surface area contributed by atoms with Gasteiger partial charge in [-0.1, -0.05) is 13.0 Å². The van der Waals surface area contributed by atoms with Crippen molar-refractivity contribution in [3.63, 3.8) is 0 Å². The molecule has 1 N–H and O–H groups in total. The predicted octanol–water partition coefficient (Wildman–Crippen LogP) is 3.99. The average molecular weight is 491 g/mol. The van der Waals surface area contributed by atoms with Crippen molar-refractivity contribution in [2.45, 2.75) is 43.4 Å². The third-order valence-corrected chi connectivity index (χ3v) is 9.34. The van der Waals surface area contributed by atoms with Crippen LogP contribution >= 0.6 is 0 Å². The molecule has 1 amide bonds. The molecule has 182 valence electrons. The summed E-state index contributed by atoms with van der Waals surface area (Å²) in [5, 5.41) is 2.79. The first-order valence-corrected chi connectivity index (χ1v) is 13.0. The third-order valence-electron chi connectivity index (χ3n) is 7.45. The average Bonchev–Trinajstić information content (AvgIpc) is 3.49. The molecule has 2 aromatic rings. The van der Waals surface area contributed by atoms with Crippen molar-refractivity contribution in [1.82, 2.24) is 9.29 Å². The lowest BCUT2D eigenvalue weighted by atomic mass is 9.97. The number of alkyl halides is 2. The first-order chi connectivity index (χ1) is 16.1. The molecule has 1 aromatic heterocycles. The summed E-state index contributed by atoms with van der Waals surface area (Å²) in [5.74, 6) is -1.96. The molecule has 1 saturated carbocycles. The first-order valence-electron chi connectivity index (χ1n) is 11.6. The topological polar surface area (TPSA) is 82.6 Å². The van der Waals surface area contributed by atoms with E-state index in [1.54, 1.807) is 24.4 Å². The van der Waals surface area contributed by atoms with E-state index in [1.165, 1.54) is 24.6 Å². The van der Waals surface area contributed by atoms with Gasteiger partial charge in [0, 0.05) is 50.9 Å². The van der Waals surface area contributed by atoms with Gasteiger partial charge in [0.1, 0.15) is 5.82 Å². The number of rotatable bonds is 5. The fourth-order valence-electron chi connectivity index (χ4n) is 5.00. The smallest absolute Gasteiger partial charge is 0.259 e. The molecule has 1 aliphatic carbocycles. The van der Waals surface area contributed by atoms with Gasteiger partial charge < -0.3 is 10.2 Å². The number of amides is 1. The largest absolute Gasteiger partial charge is 0.356 e. The Bertz CT molecular complexity index is 1210. The molecule has 2 atom stereocenters. The highest BCUT2D eigenvalue weighted by Gasteiger charge is 2.53. The number of hydrogen-bond acceptors (Lipinski definition) is 5. The monoisotopic (exact) mass is 490 g/mol. The maximum Gasteiger partial charge on any atom is 0.259 e. The van der Waals surface area contributed by atoms with E-state index in [0.717, 1.165) is 23.8 Å². The number of fused-ring (bicyclic) bond motifs is 1. The van der Waals surface area contributed by atoms with Crippen LogP contribution in [0.4, 0.5) is 20.3 Å². The van der Waals surface area contributed by atoms with E-state index < -0.39 is 28.8 Å². The van der Waals surface area contributed by atoms with Gasteiger partial charge in [-0.2, -0.15) is 4.31 Å². The summed E-state index contributed by atoms with van der Waals surface area (Å²) >= 11 is 0. The predicted molar refractivity (Wildman–Crippen MR) is 125 cm³/mol. The second-order valence-corrected chi connectivity index (χ2v) is 11.8. The van der Waals surface area contributed by atoms with Crippen LogP contribution in [0.2, 0.25) is 0 Å². The minimum Gasteiger partial charge on any atom is -0.356 e. The van der Waals surface area contributed by atoms with Crippen LogP contribution in [0.3, 0.4) is 0 Å². The zero-order valence-electron chi connectivity index (χ0n) is 19.0. The van der Waals surface area contributed by atoms with Crippen molar-refractivity contribution in [3.8, 4) is 0 Å². The molecule has 10 heteroatoms. The van der Waals surface area contributed by atoms with Gasteiger partial charge in [-0.05, 0) is 54.5 Å². The second-order valence-electron chi connectivity index (χ2n) is 9.87. The van der Waals surface area contributed by atoms with Crippen LogP contribution < -0.4 is 10.2 Å². The number of nitrogens with one attached hydrogen (secondary N) is 1. The van der Waals surface area contributed by atoms with E-state index in [9.17, 15) is 22.0 Å². The Labute approximate surface area is 198 Å². The fourth-order valence-corrected chi connectivity index (χ4v) is 6.48. The summed E-state index contributed by atoms with van der Waals surface area (Å²) in [6.45, 7) is 3.54. The van der Waals surface area contributed by atoms with Gasteiger partial charge in [0.2, 0.25) is 10.0 Å². The molecule has 3 fully saturated rings. The Balaban J connectivity index is 1.32. The first kappa shape index (κ1) is 23.2. The molecule has 3 aliphatic rings. The van der Waals surface area contributed by atoms with Crippen molar-refractivity contribution in [3.05, 3.63) is 48.2 Å². The number of aromatic nitrogens is 1. The number of piperidine rings is 2. The zero-order chi connectivity index (χ0) is 24.1. The Morgan fingerprint density at radius 1 is 1.12 bits per heavy atom. The van der Waals surface area contributed by atoms with Crippen LogP contribution in [-0.2, 0) is 10.0 Å². The van der Waals surface area contributed by atoms with E-state index in [1.807, 2.05) is 0 Å². The van der Waals surface area contributed by atoms with Crippen molar-refractivity contribution < 1.29 is 22.0 Å². The Morgan fingerprint density at radius 3 is 2.62 bits per heavy atom. The quantitative estimate of drug-likeness (QED) is 0.685. The minimum absolute atomic E-state index is 0.0361. The van der Waals surface area contributed by atoms with E-state index in [4.69, 9.17) is 0 Å². The molecule has 2 aliphatic heterocycles. The number of sulfonamides is 1. The number of halogens is 2. The number of pyridine rings is 1. The summed E-state index contributed by atoms with van der Waals surface area (Å²) in [6, 6.07) is 9.33. The molecular weight excluding hydrogens is 462 g/mol. The van der Waals surface area contributed by atoms with Crippen LogP contribution in [0, 0.1) is 11.3 Å². The molecular formula is C24H28F2N4O3S. The summed E-state index contributed by atoms with van der Waals surface area (Å²) in [4.78, 5) is 19.7. The standard InChI is InChI=1S/C24H28F2N4O3S/c1-23-7-11-29(16-17(23)15-23)21-20(6-3-10-27-21)22(31)28-18-4-2-5-19(14-18)34(32,33)30-12-8-24(25,26)9-13-30/h2-6,10,14,17H,7-9,11-13,15-16H2,1H3,(H,28,31)/t17-,23-/m1/s1. The van der Waals surface area contributed by atoms with Crippen LogP contribution in [0.1, 0.15) is 43.0 Å². The maximum absolute atomic E-state index is 13.5. The minimum atomic E-state index is -3.94. The van der Waals surface area contributed by atoms with Crippen molar-refractivity contribution in [1.29, 1.82) is 0 Å². The van der Waals surface area contributed by atoms with Crippen LogP contribution in [-0.4, -0.2) is 55.7 Å². The number of hydrogen-bond donors (Lipinski definition) is 1. The van der Waals surface area contributed by atoms with E-state index in [0.29, 0.717) is 28.4 Å². The van der Waals surface area contributed by atoms with Gasteiger partial charge in [-0.25, -0.2) is 22.2 Å². The molecule has 0 bridgehead atoms. The summed E-state index contributed by atoms with van der Waals surface area (Å²) in [6.07, 6.45) is 2.94. The third kappa shape index (κ3) is 4.40. The van der Waals surface area contributed by atoms with Gasteiger partial charge in [0.15, 0.2) is 0 Å². The van der Waals surface area contributed by atoms with Crippen molar-refractivity contribution in [2.75, 3.05) is 36.4 Å². The van der Waals surface area contributed by atoms with Gasteiger partial charge >= 0.3 is 0 Å². The molecule has 1 aromatic carbocycles. The maximum atomic E-state index is 13.5. The Kier molecular flexibility index (Phi) is 5.63. The van der Waals surface area contributed by atoms with Crippen molar-refractivity contribution >= 4 is 27.4 Å². The van der Waals surface area contributed by atoms with Crippen LogP contribution in [0.15, 0.2) is 47.5 Å². The number of anilines is 2. The molecule has 5 rings (SSSR count). The highest BCUT2D eigenvalue weighted by Crippen LogP contribution is 2.57. The van der Waals surface area contributed by atoms with Gasteiger partial charge in [-0.15, -0.1) is 0 Å².